The van der Waals surface area contributed by atoms with Crippen LogP contribution in [0.4, 0.5) is 0 Å². The van der Waals surface area contributed by atoms with Crippen molar-refractivity contribution < 1.29 is 14.3 Å². The molecular formula is C23H23N3O3S. The van der Waals surface area contributed by atoms with E-state index in [4.69, 9.17) is 15.2 Å². The first-order valence-electron chi connectivity index (χ1n) is 10.2. The average molecular weight is 422 g/mol. The van der Waals surface area contributed by atoms with Crippen LogP contribution in [0.3, 0.4) is 0 Å². The van der Waals surface area contributed by atoms with Crippen molar-refractivity contribution in [1.29, 1.82) is 0 Å². The standard InChI is InChI=1S/C23H23N3O3S/c24-16-11-17(12-16)26-22(27)21-13-25-23(30-21)28-18-7-9-20-15(10-18)6-8-19(29-20)14-4-2-1-3-5-14/h1-5,7,9-10,13,16-17,19H,6,8,11-12,24H2,(H,26,27)/t16?,17?,19-/m0/s1. The van der Waals surface area contributed by atoms with Crippen molar-refractivity contribution in [3.8, 4) is 16.7 Å². The predicted molar refractivity (Wildman–Crippen MR) is 115 cm³/mol. The third kappa shape index (κ3) is 4.04. The lowest BCUT2D eigenvalue weighted by Gasteiger charge is -2.32. The van der Waals surface area contributed by atoms with Crippen LogP contribution in [0.25, 0.3) is 0 Å². The minimum atomic E-state index is -0.120. The molecule has 2 aliphatic rings. The van der Waals surface area contributed by atoms with Gasteiger partial charge in [0.1, 0.15) is 22.5 Å². The summed E-state index contributed by atoms with van der Waals surface area (Å²) in [4.78, 5) is 17.1. The molecule has 154 valence electrons. The zero-order valence-electron chi connectivity index (χ0n) is 16.4. The summed E-state index contributed by atoms with van der Waals surface area (Å²) in [6, 6.07) is 16.5. The molecule has 1 aromatic heterocycles. The van der Waals surface area contributed by atoms with E-state index >= 15 is 0 Å². The van der Waals surface area contributed by atoms with Crippen molar-refractivity contribution in [3.05, 3.63) is 70.7 Å². The molecular weight excluding hydrogens is 398 g/mol. The number of nitrogens with two attached hydrogens (primary N) is 1. The summed E-state index contributed by atoms with van der Waals surface area (Å²) in [5.74, 6) is 1.46. The molecule has 1 atom stereocenters. The molecule has 2 heterocycles. The molecule has 3 N–H and O–H groups in total. The highest BCUT2D eigenvalue weighted by atomic mass is 32.1. The van der Waals surface area contributed by atoms with E-state index in [1.54, 1.807) is 6.20 Å². The van der Waals surface area contributed by atoms with Crippen LogP contribution >= 0.6 is 11.3 Å². The number of rotatable bonds is 5. The number of benzene rings is 2. The topological polar surface area (TPSA) is 86.5 Å². The van der Waals surface area contributed by atoms with E-state index in [9.17, 15) is 4.79 Å². The van der Waals surface area contributed by atoms with Crippen LogP contribution in [0.15, 0.2) is 54.7 Å². The number of ether oxygens (including phenoxy) is 2. The van der Waals surface area contributed by atoms with Crippen LogP contribution in [-0.2, 0) is 6.42 Å². The highest BCUT2D eigenvalue weighted by Crippen LogP contribution is 2.38. The smallest absolute Gasteiger partial charge is 0.279 e. The largest absolute Gasteiger partial charge is 0.485 e. The normalized spacial score (nSPS) is 22.4. The van der Waals surface area contributed by atoms with Gasteiger partial charge >= 0.3 is 0 Å². The van der Waals surface area contributed by atoms with Gasteiger partial charge in [-0.2, -0.15) is 0 Å². The highest BCUT2D eigenvalue weighted by Gasteiger charge is 2.28. The van der Waals surface area contributed by atoms with Gasteiger partial charge in [0.2, 0.25) is 0 Å². The van der Waals surface area contributed by atoms with Crippen molar-refractivity contribution >= 4 is 17.2 Å². The Balaban J connectivity index is 1.23. The summed E-state index contributed by atoms with van der Waals surface area (Å²) >= 11 is 1.24. The third-order valence-corrected chi connectivity index (χ3v) is 6.45. The lowest BCUT2D eigenvalue weighted by molar-refractivity contribution is 0.0914. The fourth-order valence-electron chi connectivity index (χ4n) is 3.88. The molecule has 6 nitrogen and oxygen atoms in total. The molecule has 2 aromatic carbocycles. The van der Waals surface area contributed by atoms with E-state index in [2.05, 4.69) is 22.4 Å². The Kier molecular flexibility index (Phi) is 5.14. The Morgan fingerprint density at radius 2 is 2.03 bits per heavy atom. The zero-order valence-corrected chi connectivity index (χ0v) is 17.2. The Bertz CT molecular complexity index is 1050. The first kappa shape index (κ1) is 19.1. The maximum absolute atomic E-state index is 12.3. The van der Waals surface area contributed by atoms with Gasteiger partial charge in [-0.05, 0) is 55.0 Å². The second kappa shape index (κ2) is 8.08. The number of carbonyl (C=O) groups is 1. The molecule has 1 fully saturated rings. The van der Waals surface area contributed by atoms with Gasteiger partial charge in [-0.15, -0.1) is 0 Å². The molecule has 3 aromatic rings. The van der Waals surface area contributed by atoms with Crippen molar-refractivity contribution in [3.63, 3.8) is 0 Å². The minimum absolute atomic E-state index is 0.0794. The molecule has 0 saturated heterocycles. The van der Waals surface area contributed by atoms with Gasteiger partial charge < -0.3 is 20.5 Å². The summed E-state index contributed by atoms with van der Waals surface area (Å²) in [7, 11) is 0. The summed E-state index contributed by atoms with van der Waals surface area (Å²) < 4.78 is 12.1. The van der Waals surface area contributed by atoms with E-state index < -0.39 is 0 Å². The molecule has 1 saturated carbocycles. The van der Waals surface area contributed by atoms with E-state index in [1.165, 1.54) is 16.9 Å². The van der Waals surface area contributed by atoms with E-state index in [1.807, 2.05) is 36.4 Å². The summed E-state index contributed by atoms with van der Waals surface area (Å²) in [6.45, 7) is 0. The number of amides is 1. The van der Waals surface area contributed by atoms with E-state index in [0.29, 0.717) is 15.8 Å². The first-order chi connectivity index (χ1) is 14.6. The number of fused-ring (bicyclic) bond motifs is 1. The van der Waals surface area contributed by atoms with Gasteiger partial charge in [0.25, 0.3) is 11.1 Å². The Morgan fingerprint density at radius 3 is 2.83 bits per heavy atom. The van der Waals surface area contributed by atoms with Crippen LogP contribution in [0.1, 0.15) is 46.2 Å². The van der Waals surface area contributed by atoms with Crippen LogP contribution in [-0.4, -0.2) is 23.0 Å². The van der Waals surface area contributed by atoms with Crippen LogP contribution in [0, 0.1) is 0 Å². The number of carbonyl (C=O) groups excluding carboxylic acids is 1. The summed E-state index contributed by atoms with van der Waals surface area (Å²) in [6.07, 6.45) is 5.14. The van der Waals surface area contributed by atoms with E-state index in [0.717, 1.165) is 37.0 Å². The minimum Gasteiger partial charge on any atom is -0.485 e. The lowest BCUT2D eigenvalue weighted by atomic mass is 9.87. The van der Waals surface area contributed by atoms with E-state index in [-0.39, 0.29) is 24.1 Å². The molecule has 1 aliphatic carbocycles. The second-order valence-electron chi connectivity index (χ2n) is 7.82. The number of aryl methyl sites for hydroxylation is 1. The van der Waals surface area contributed by atoms with Gasteiger partial charge in [0.15, 0.2) is 0 Å². The fraction of sp³-hybridized carbons (Fsp3) is 0.304. The molecule has 1 amide bonds. The van der Waals surface area contributed by atoms with Gasteiger partial charge in [-0.25, -0.2) is 4.98 Å². The molecule has 5 rings (SSSR count). The number of nitrogens with zero attached hydrogens (tertiary/aromatic N) is 1. The van der Waals surface area contributed by atoms with Crippen LogP contribution in [0.2, 0.25) is 0 Å². The first-order valence-corrected chi connectivity index (χ1v) is 11.0. The zero-order chi connectivity index (χ0) is 20.5. The van der Waals surface area contributed by atoms with Gasteiger partial charge in [0.05, 0.1) is 6.20 Å². The van der Waals surface area contributed by atoms with Crippen molar-refractivity contribution in [1.82, 2.24) is 10.3 Å². The van der Waals surface area contributed by atoms with Gasteiger partial charge in [0, 0.05) is 12.1 Å². The number of aromatic nitrogens is 1. The molecule has 0 unspecified atom stereocenters. The van der Waals surface area contributed by atoms with Gasteiger partial charge in [-0.3, -0.25) is 4.79 Å². The fourth-order valence-corrected chi connectivity index (χ4v) is 4.57. The molecule has 30 heavy (non-hydrogen) atoms. The Labute approximate surface area is 179 Å². The third-order valence-electron chi connectivity index (χ3n) is 5.57. The summed E-state index contributed by atoms with van der Waals surface area (Å²) in [5.41, 5.74) is 8.09. The number of nitrogens with one attached hydrogen (secondary N) is 1. The Hall–Kier alpha value is -2.90. The van der Waals surface area contributed by atoms with Crippen LogP contribution < -0.4 is 20.5 Å². The van der Waals surface area contributed by atoms with Crippen LogP contribution in [0.5, 0.6) is 16.7 Å². The maximum Gasteiger partial charge on any atom is 0.279 e. The van der Waals surface area contributed by atoms with Crippen molar-refractivity contribution in [2.45, 2.75) is 43.9 Å². The molecule has 0 bridgehead atoms. The maximum atomic E-state index is 12.3. The highest BCUT2D eigenvalue weighted by molar-refractivity contribution is 7.15. The predicted octanol–water partition coefficient (Wildman–Crippen LogP) is 4.22. The van der Waals surface area contributed by atoms with Crippen molar-refractivity contribution in [2.24, 2.45) is 5.73 Å². The Morgan fingerprint density at radius 1 is 1.20 bits per heavy atom. The average Bonchev–Trinajstić information content (AvgIpc) is 3.21. The number of thiazole rings is 1. The van der Waals surface area contributed by atoms with Crippen molar-refractivity contribution in [2.75, 3.05) is 0 Å². The lowest BCUT2D eigenvalue weighted by Crippen LogP contribution is -2.50. The molecule has 0 radical (unpaired) electrons. The quantitative estimate of drug-likeness (QED) is 0.644. The molecule has 0 spiro atoms. The number of hydrogen-bond donors (Lipinski definition) is 2. The van der Waals surface area contributed by atoms with Gasteiger partial charge in [-0.1, -0.05) is 41.7 Å². The number of hydrogen-bond acceptors (Lipinski definition) is 6. The SMILES string of the molecule is NC1CC(NC(=O)c2cnc(Oc3ccc4c(c3)CC[C@@H](c3ccccc3)O4)s2)C1. The molecule has 1 aliphatic heterocycles. The second-order valence-corrected chi connectivity index (χ2v) is 8.81. The molecule has 7 heteroatoms. The monoisotopic (exact) mass is 421 g/mol. The summed E-state index contributed by atoms with van der Waals surface area (Å²) in [5, 5.41) is 3.43.